The molecule has 5 nitrogen and oxygen atoms in total. The number of carbonyl (C=O) groups excluding carboxylic acids is 1. The molecule has 1 amide bonds. The molecule has 1 aromatic carbocycles. The number of nitrogens with zero attached hydrogens (tertiary/aromatic N) is 4. The normalized spacial score (nSPS) is 17.8. The van der Waals surface area contributed by atoms with E-state index in [4.69, 9.17) is 0 Å². The number of benzene rings is 1. The average Bonchev–Trinajstić information content (AvgIpc) is 3.35. The molecule has 1 aliphatic rings. The second kappa shape index (κ2) is 6.35. The summed E-state index contributed by atoms with van der Waals surface area (Å²) in [5, 5.41) is 4.33. The van der Waals surface area contributed by atoms with Crippen LogP contribution in [0.5, 0.6) is 0 Å². The van der Waals surface area contributed by atoms with Crippen LogP contribution in [-0.4, -0.2) is 38.2 Å². The second-order valence-electron chi connectivity index (χ2n) is 6.17. The monoisotopic (exact) mass is 320 g/mol. The Morgan fingerprint density at radius 1 is 1.08 bits per heavy atom. The molecule has 0 N–H and O–H groups in total. The zero-order valence-electron chi connectivity index (χ0n) is 13.5. The van der Waals surface area contributed by atoms with Gasteiger partial charge in [0.15, 0.2) is 0 Å². The van der Waals surface area contributed by atoms with E-state index in [1.165, 1.54) is 0 Å². The highest BCUT2D eigenvalue weighted by Crippen LogP contribution is 2.22. The number of hydrogen-bond donors (Lipinski definition) is 0. The molecule has 1 unspecified atom stereocenters. The molecule has 1 atom stereocenters. The highest BCUT2D eigenvalue weighted by Gasteiger charge is 2.25. The van der Waals surface area contributed by atoms with Gasteiger partial charge in [0.2, 0.25) is 0 Å². The van der Waals surface area contributed by atoms with Crippen LogP contribution in [0.2, 0.25) is 0 Å². The van der Waals surface area contributed by atoms with Gasteiger partial charge in [-0.1, -0.05) is 6.07 Å². The fraction of sp³-hybridized carbons (Fsp3) is 0.263. The quantitative estimate of drug-likeness (QED) is 0.744. The van der Waals surface area contributed by atoms with Gasteiger partial charge in [-0.25, -0.2) is 0 Å². The maximum Gasteiger partial charge on any atom is 0.254 e. The van der Waals surface area contributed by atoms with E-state index in [9.17, 15) is 4.79 Å². The van der Waals surface area contributed by atoms with E-state index < -0.39 is 0 Å². The Bertz CT molecular complexity index is 808. The summed E-state index contributed by atoms with van der Waals surface area (Å²) in [5.74, 6) is 0.0980. The minimum absolute atomic E-state index is 0.0980. The van der Waals surface area contributed by atoms with E-state index in [1.54, 1.807) is 6.20 Å². The van der Waals surface area contributed by atoms with Crippen molar-refractivity contribution in [1.82, 2.24) is 19.2 Å². The molecule has 2 aromatic heterocycles. The number of aromatic nitrogens is 3. The van der Waals surface area contributed by atoms with Crippen molar-refractivity contribution in [3.63, 3.8) is 0 Å². The summed E-state index contributed by atoms with van der Waals surface area (Å²) in [4.78, 5) is 14.9. The molecule has 3 heterocycles. The molecule has 24 heavy (non-hydrogen) atoms. The van der Waals surface area contributed by atoms with Gasteiger partial charge in [0.25, 0.3) is 5.91 Å². The van der Waals surface area contributed by atoms with Crippen molar-refractivity contribution in [2.45, 2.75) is 18.9 Å². The van der Waals surface area contributed by atoms with Crippen LogP contribution in [0.25, 0.3) is 5.69 Å². The first-order valence-corrected chi connectivity index (χ1v) is 8.33. The van der Waals surface area contributed by atoms with E-state index in [2.05, 4.69) is 5.10 Å². The molecule has 3 aromatic rings. The Kier molecular flexibility index (Phi) is 3.91. The van der Waals surface area contributed by atoms with E-state index >= 15 is 0 Å². The van der Waals surface area contributed by atoms with Gasteiger partial charge < -0.3 is 9.47 Å². The van der Waals surface area contributed by atoms with Crippen LogP contribution in [0.4, 0.5) is 0 Å². The number of piperidine rings is 1. The number of amides is 1. The lowest BCUT2D eigenvalue weighted by molar-refractivity contribution is 0.0673. The molecular formula is C19H20N4O. The van der Waals surface area contributed by atoms with Gasteiger partial charge in [-0.15, -0.1) is 0 Å². The molecule has 0 bridgehead atoms. The van der Waals surface area contributed by atoms with Gasteiger partial charge in [0.05, 0.1) is 6.04 Å². The molecule has 1 fully saturated rings. The summed E-state index contributed by atoms with van der Waals surface area (Å²) in [5.41, 5.74) is 1.74. The molecule has 1 aliphatic heterocycles. The van der Waals surface area contributed by atoms with E-state index in [1.807, 2.05) is 75.2 Å². The van der Waals surface area contributed by atoms with Gasteiger partial charge in [-0.2, -0.15) is 5.10 Å². The van der Waals surface area contributed by atoms with Crippen LogP contribution in [0, 0.1) is 0 Å². The number of hydrogen-bond acceptors (Lipinski definition) is 2. The van der Waals surface area contributed by atoms with Crippen LogP contribution in [0.3, 0.4) is 0 Å². The van der Waals surface area contributed by atoms with Gasteiger partial charge in [0, 0.05) is 49.1 Å². The molecule has 1 saturated heterocycles. The summed E-state index contributed by atoms with van der Waals surface area (Å²) >= 11 is 0. The minimum Gasteiger partial charge on any atom is -0.337 e. The zero-order chi connectivity index (χ0) is 16.4. The zero-order valence-corrected chi connectivity index (χ0v) is 13.5. The Morgan fingerprint density at radius 3 is 2.75 bits per heavy atom. The molecule has 0 spiro atoms. The first-order valence-electron chi connectivity index (χ1n) is 8.33. The third-order valence-corrected chi connectivity index (χ3v) is 4.58. The van der Waals surface area contributed by atoms with Gasteiger partial charge >= 0.3 is 0 Å². The van der Waals surface area contributed by atoms with Crippen LogP contribution in [-0.2, 0) is 0 Å². The summed E-state index contributed by atoms with van der Waals surface area (Å²) in [7, 11) is 0. The molecule has 4 rings (SSSR count). The predicted molar refractivity (Wildman–Crippen MR) is 92.2 cm³/mol. The summed E-state index contributed by atoms with van der Waals surface area (Å²) in [6, 6.07) is 14.0. The summed E-state index contributed by atoms with van der Waals surface area (Å²) in [6.45, 7) is 1.53. The lowest BCUT2D eigenvalue weighted by atomic mass is 10.0. The summed E-state index contributed by atoms with van der Waals surface area (Å²) < 4.78 is 3.98. The molecule has 5 heteroatoms. The van der Waals surface area contributed by atoms with Crippen LogP contribution in [0.1, 0.15) is 29.2 Å². The topological polar surface area (TPSA) is 43.1 Å². The highest BCUT2D eigenvalue weighted by molar-refractivity contribution is 5.94. The van der Waals surface area contributed by atoms with Crippen molar-refractivity contribution in [1.29, 1.82) is 0 Å². The lowest BCUT2D eigenvalue weighted by Crippen LogP contribution is -2.40. The van der Waals surface area contributed by atoms with Crippen molar-refractivity contribution in [2.75, 3.05) is 13.1 Å². The Hall–Kier alpha value is -2.82. The van der Waals surface area contributed by atoms with Crippen molar-refractivity contribution in [3.8, 4) is 5.69 Å². The average molecular weight is 320 g/mol. The minimum atomic E-state index is 0.0980. The lowest BCUT2D eigenvalue weighted by Gasteiger charge is -2.33. The Morgan fingerprint density at radius 2 is 1.96 bits per heavy atom. The largest absolute Gasteiger partial charge is 0.337 e. The molecule has 0 aliphatic carbocycles. The van der Waals surface area contributed by atoms with Crippen molar-refractivity contribution >= 4 is 5.91 Å². The van der Waals surface area contributed by atoms with Crippen LogP contribution >= 0.6 is 0 Å². The number of carbonyl (C=O) groups is 1. The Balaban J connectivity index is 1.54. The fourth-order valence-corrected chi connectivity index (χ4v) is 3.34. The van der Waals surface area contributed by atoms with Crippen LogP contribution < -0.4 is 0 Å². The maximum atomic E-state index is 12.9. The molecule has 0 saturated carbocycles. The van der Waals surface area contributed by atoms with E-state index in [-0.39, 0.29) is 11.9 Å². The van der Waals surface area contributed by atoms with Crippen molar-refractivity contribution < 1.29 is 4.79 Å². The first kappa shape index (κ1) is 14.8. The highest BCUT2D eigenvalue weighted by atomic mass is 16.2. The number of likely N-dealkylation sites (tertiary alicyclic amines) is 1. The smallest absolute Gasteiger partial charge is 0.254 e. The van der Waals surface area contributed by atoms with Gasteiger partial charge in [0.1, 0.15) is 0 Å². The molecule has 122 valence electrons. The third kappa shape index (κ3) is 2.85. The molecular weight excluding hydrogens is 300 g/mol. The predicted octanol–water partition coefficient (Wildman–Crippen LogP) is 3.15. The Labute approximate surface area is 141 Å². The fourth-order valence-electron chi connectivity index (χ4n) is 3.34. The van der Waals surface area contributed by atoms with Crippen molar-refractivity contribution in [2.24, 2.45) is 0 Å². The number of rotatable bonds is 3. The van der Waals surface area contributed by atoms with Gasteiger partial charge in [-0.3, -0.25) is 9.48 Å². The molecule has 0 radical (unpaired) electrons. The van der Waals surface area contributed by atoms with E-state index in [0.29, 0.717) is 6.54 Å². The second-order valence-corrected chi connectivity index (χ2v) is 6.17. The third-order valence-electron chi connectivity index (χ3n) is 4.58. The SMILES string of the molecule is O=C(c1cccc(-n2cccc2)c1)N1CCCC(n2cccn2)C1. The standard InChI is InChI=1S/C19H20N4O/c24-19(16-6-3-7-17(14-16)21-10-1-2-11-21)22-12-4-8-18(15-22)23-13-5-9-20-23/h1-3,5-7,9-11,13-14,18H,4,8,12,15H2. The van der Waals surface area contributed by atoms with Gasteiger partial charge in [-0.05, 0) is 49.2 Å². The van der Waals surface area contributed by atoms with Crippen LogP contribution in [0.15, 0.2) is 67.3 Å². The maximum absolute atomic E-state index is 12.9. The summed E-state index contributed by atoms with van der Waals surface area (Å²) in [6.07, 6.45) is 9.81. The van der Waals surface area contributed by atoms with E-state index in [0.717, 1.165) is 30.6 Å². The van der Waals surface area contributed by atoms with Crippen molar-refractivity contribution in [3.05, 3.63) is 72.8 Å². The first-order chi connectivity index (χ1) is 11.8.